The first-order valence-electron chi connectivity index (χ1n) is 15.2. The van der Waals surface area contributed by atoms with Crippen LogP contribution in [0.4, 0.5) is 0 Å². The van der Waals surface area contributed by atoms with Crippen molar-refractivity contribution in [1.82, 2.24) is 4.40 Å². The standard InChI is InChI=1S/C42H23NS/c1-2-9-24(10-3-1)26-13-6-16-33-34-17-7-14-27(42(34)44-41(26)33)25-19-22-36-35(23-25)32-21-20-31-29-12-5-4-11-28(29)30-15-8-18-37-38(30)39(31)40(32)43(36)37/h1-23H. The van der Waals surface area contributed by atoms with Crippen LogP contribution < -0.4 is 0 Å². The molecule has 1 nitrogen and oxygen atoms in total. The Balaban J connectivity index is 1.21. The highest BCUT2D eigenvalue weighted by molar-refractivity contribution is 7.26. The van der Waals surface area contributed by atoms with Crippen LogP contribution in [-0.2, 0) is 0 Å². The number of fused-ring (bicyclic) bond motifs is 10. The van der Waals surface area contributed by atoms with E-state index < -0.39 is 0 Å². The molecule has 0 spiro atoms. The van der Waals surface area contributed by atoms with Crippen molar-refractivity contribution in [2.75, 3.05) is 0 Å². The van der Waals surface area contributed by atoms with Gasteiger partial charge in [0.1, 0.15) is 0 Å². The Morgan fingerprint density at radius 3 is 1.75 bits per heavy atom. The summed E-state index contributed by atoms with van der Waals surface area (Å²) in [6.45, 7) is 0. The molecule has 0 unspecified atom stereocenters. The molecule has 0 N–H and O–H groups in total. The molecule has 202 valence electrons. The van der Waals surface area contributed by atoms with Crippen molar-refractivity contribution in [2.45, 2.75) is 0 Å². The van der Waals surface area contributed by atoms with Crippen molar-refractivity contribution in [1.29, 1.82) is 0 Å². The summed E-state index contributed by atoms with van der Waals surface area (Å²) < 4.78 is 5.22. The Morgan fingerprint density at radius 1 is 0.364 bits per heavy atom. The summed E-state index contributed by atoms with van der Waals surface area (Å²) in [4.78, 5) is 0. The van der Waals surface area contributed by atoms with Gasteiger partial charge in [-0.15, -0.1) is 11.3 Å². The second-order valence-electron chi connectivity index (χ2n) is 12.0. The molecule has 0 aliphatic rings. The van der Waals surface area contributed by atoms with Crippen LogP contribution in [-0.4, -0.2) is 4.40 Å². The van der Waals surface area contributed by atoms with E-state index in [1.807, 2.05) is 11.3 Å². The minimum atomic E-state index is 1.27. The zero-order chi connectivity index (χ0) is 28.5. The highest BCUT2D eigenvalue weighted by Gasteiger charge is 2.23. The molecule has 0 bridgehead atoms. The number of nitrogens with zero attached hydrogens (tertiary/aromatic N) is 1. The van der Waals surface area contributed by atoms with E-state index in [9.17, 15) is 0 Å². The average molecular weight is 574 g/mol. The summed E-state index contributed by atoms with van der Waals surface area (Å²) in [6, 6.07) is 51.8. The van der Waals surface area contributed by atoms with Crippen LogP contribution in [0.15, 0.2) is 140 Å². The minimum absolute atomic E-state index is 1.27. The molecule has 0 atom stereocenters. The summed E-state index contributed by atoms with van der Waals surface area (Å²) >= 11 is 1.92. The van der Waals surface area contributed by atoms with Crippen molar-refractivity contribution in [3.05, 3.63) is 140 Å². The van der Waals surface area contributed by atoms with Gasteiger partial charge in [-0.1, -0.05) is 121 Å². The summed E-state index contributed by atoms with van der Waals surface area (Å²) in [5, 5.41) is 13.5. The van der Waals surface area contributed by atoms with Crippen LogP contribution in [0, 0.1) is 0 Å². The Kier molecular flexibility index (Phi) is 4.26. The maximum Gasteiger partial charge on any atom is 0.0626 e. The number of benzene rings is 8. The maximum atomic E-state index is 2.52. The Bertz CT molecular complexity index is 2920. The lowest BCUT2D eigenvalue weighted by atomic mass is 9.93. The summed E-state index contributed by atoms with van der Waals surface area (Å²) in [5.74, 6) is 0. The molecule has 2 heteroatoms. The molecule has 0 fully saturated rings. The van der Waals surface area contributed by atoms with E-state index in [1.54, 1.807) is 0 Å². The van der Waals surface area contributed by atoms with Crippen molar-refractivity contribution in [3.63, 3.8) is 0 Å². The summed E-state index contributed by atoms with van der Waals surface area (Å²) in [5.41, 5.74) is 9.07. The first kappa shape index (κ1) is 23.1. The molecule has 0 aliphatic carbocycles. The fourth-order valence-corrected chi connectivity index (χ4v) is 9.43. The van der Waals surface area contributed by atoms with Gasteiger partial charge in [0.05, 0.1) is 16.6 Å². The lowest BCUT2D eigenvalue weighted by molar-refractivity contribution is 1.37. The first-order chi connectivity index (χ1) is 21.8. The van der Waals surface area contributed by atoms with Crippen LogP contribution in [0.1, 0.15) is 0 Å². The van der Waals surface area contributed by atoms with Crippen molar-refractivity contribution >= 4 is 91.1 Å². The van der Waals surface area contributed by atoms with E-state index in [0.717, 1.165) is 0 Å². The van der Waals surface area contributed by atoms with Gasteiger partial charge < -0.3 is 4.40 Å². The van der Waals surface area contributed by atoms with Gasteiger partial charge in [-0.3, -0.25) is 0 Å². The molecule has 0 saturated carbocycles. The smallest absolute Gasteiger partial charge is 0.0626 e. The number of rotatable bonds is 2. The molecule has 44 heavy (non-hydrogen) atoms. The molecule has 0 aliphatic heterocycles. The van der Waals surface area contributed by atoms with Gasteiger partial charge in [0.2, 0.25) is 0 Å². The topological polar surface area (TPSA) is 4.41 Å². The highest BCUT2D eigenvalue weighted by Crippen LogP contribution is 2.48. The zero-order valence-corrected chi connectivity index (χ0v) is 24.5. The first-order valence-corrected chi connectivity index (χ1v) is 16.0. The fraction of sp³-hybridized carbons (Fsp3) is 0. The molecule has 3 heterocycles. The number of thiophene rings is 1. The van der Waals surface area contributed by atoms with E-state index in [0.29, 0.717) is 0 Å². The van der Waals surface area contributed by atoms with Crippen LogP contribution in [0.5, 0.6) is 0 Å². The van der Waals surface area contributed by atoms with Gasteiger partial charge in [0, 0.05) is 41.7 Å². The van der Waals surface area contributed by atoms with Gasteiger partial charge in [0.25, 0.3) is 0 Å². The Morgan fingerprint density at radius 2 is 0.977 bits per heavy atom. The normalized spacial score (nSPS) is 12.5. The van der Waals surface area contributed by atoms with E-state index in [4.69, 9.17) is 0 Å². The number of hydrogen-bond acceptors (Lipinski definition) is 1. The monoisotopic (exact) mass is 573 g/mol. The average Bonchev–Trinajstić information content (AvgIpc) is 3.75. The second-order valence-corrected chi connectivity index (χ2v) is 13.1. The van der Waals surface area contributed by atoms with Gasteiger partial charge >= 0.3 is 0 Å². The third kappa shape index (κ3) is 2.75. The van der Waals surface area contributed by atoms with E-state index >= 15 is 0 Å². The molecule has 0 radical (unpaired) electrons. The quantitative estimate of drug-likeness (QED) is 0.181. The lowest BCUT2D eigenvalue weighted by Gasteiger charge is -2.09. The molecule has 11 rings (SSSR count). The predicted octanol–water partition coefficient (Wildman–Crippen LogP) is 12.3. The van der Waals surface area contributed by atoms with Crippen LogP contribution in [0.2, 0.25) is 0 Å². The van der Waals surface area contributed by atoms with Gasteiger partial charge in [0.15, 0.2) is 0 Å². The predicted molar refractivity (Wildman–Crippen MR) is 191 cm³/mol. The Labute approximate surface area is 256 Å². The molecular formula is C42H23NS. The molecule has 11 aromatic rings. The third-order valence-electron chi connectivity index (χ3n) is 9.89. The lowest BCUT2D eigenvalue weighted by Crippen LogP contribution is -1.84. The van der Waals surface area contributed by atoms with Crippen molar-refractivity contribution < 1.29 is 0 Å². The van der Waals surface area contributed by atoms with E-state index in [-0.39, 0.29) is 0 Å². The van der Waals surface area contributed by atoms with Gasteiger partial charge in [-0.2, -0.15) is 0 Å². The molecule has 0 saturated heterocycles. The van der Waals surface area contributed by atoms with Crippen molar-refractivity contribution in [2.24, 2.45) is 0 Å². The van der Waals surface area contributed by atoms with E-state index in [2.05, 4.69) is 144 Å². The van der Waals surface area contributed by atoms with Crippen molar-refractivity contribution in [3.8, 4) is 22.3 Å². The minimum Gasteiger partial charge on any atom is -0.308 e. The molecule has 0 amide bonds. The SMILES string of the molecule is c1ccc(-c2cccc3c2sc2c(-c4ccc5c(c4)c4ccc6c7ccccc7c7cccc8c7c6c4n58)cccc23)cc1. The third-order valence-corrected chi connectivity index (χ3v) is 11.2. The van der Waals surface area contributed by atoms with Gasteiger partial charge in [-0.05, 0) is 62.0 Å². The Hall–Kier alpha value is -5.44. The van der Waals surface area contributed by atoms with Crippen LogP contribution in [0.3, 0.4) is 0 Å². The highest BCUT2D eigenvalue weighted by atomic mass is 32.1. The number of aromatic nitrogens is 1. The molecular weight excluding hydrogens is 551 g/mol. The second kappa shape index (κ2) is 8.13. The molecule has 3 aromatic heterocycles. The molecule has 8 aromatic carbocycles. The van der Waals surface area contributed by atoms with Crippen LogP contribution in [0.25, 0.3) is 102 Å². The van der Waals surface area contributed by atoms with Crippen LogP contribution >= 0.6 is 11.3 Å². The number of hydrogen-bond donors (Lipinski definition) is 0. The largest absolute Gasteiger partial charge is 0.308 e. The fourth-order valence-electron chi connectivity index (χ4n) is 8.06. The maximum absolute atomic E-state index is 2.52. The summed E-state index contributed by atoms with van der Waals surface area (Å²) in [7, 11) is 0. The van der Waals surface area contributed by atoms with E-state index in [1.165, 1.54) is 102 Å². The summed E-state index contributed by atoms with van der Waals surface area (Å²) in [6.07, 6.45) is 0. The van der Waals surface area contributed by atoms with Gasteiger partial charge in [-0.25, -0.2) is 0 Å². The zero-order valence-electron chi connectivity index (χ0n) is 23.6.